The highest BCUT2D eigenvalue weighted by Gasteiger charge is 2.18. The third-order valence-electron chi connectivity index (χ3n) is 5.24. The number of benzene rings is 2. The number of likely N-dealkylation sites (N-methyl/N-ethyl adjacent to an activating group) is 1. The van der Waals surface area contributed by atoms with Crippen LogP contribution in [-0.4, -0.2) is 56.3 Å². The number of hydrogen-bond donors (Lipinski definition) is 1. The minimum Gasteiger partial charge on any atom is -0.480 e. The fourth-order valence-electron chi connectivity index (χ4n) is 3.60. The van der Waals surface area contributed by atoms with Gasteiger partial charge in [0.2, 0.25) is 5.95 Å². The zero-order valence-electron chi connectivity index (χ0n) is 18.2. The molecule has 0 radical (unpaired) electrons. The summed E-state index contributed by atoms with van der Waals surface area (Å²) in [6, 6.07) is 10.1. The molecule has 1 N–H and O–H groups in total. The molecule has 1 amide bonds. The van der Waals surface area contributed by atoms with E-state index in [0.717, 1.165) is 20.7 Å². The molecule has 7 nitrogen and oxygen atoms in total. The number of carbonyl (C=O) groups excluding carboxylic acids is 1. The summed E-state index contributed by atoms with van der Waals surface area (Å²) in [6.07, 6.45) is 6.97. The molecule has 0 fully saturated rings. The molecule has 4 aromatic rings. The molecule has 9 heteroatoms. The second-order valence-corrected chi connectivity index (χ2v) is 8.46. The largest absolute Gasteiger partial charge is 0.480 e. The molecule has 0 aliphatic carbocycles. The van der Waals surface area contributed by atoms with E-state index in [1.54, 1.807) is 53.0 Å². The normalized spacial score (nSPS) is 11.0. The van der Waals surface area contributed by atoms with Gasteiger partial charge in [-0.05, 0) is 37.4 Å². The lowest BCUT2D eigenvalue weighted by atomic mass is 10.1. The van der Waals surface area contributed by atoms with Crippen molar-refractivity contribution in [2.24, 2.45) is 0 Å². The number of fused-ring (bicyclic) bond motifs is 1. The summed E-state index contributed by atoms with van der Waals surface area (Å²) < 4.78 is 16.0. The van der Waals surface area contributed by atoms with Crippen molar-refractivity contribution in [2.75, 3.05) is 19.8 Å². The van der Waals surface area contributed by atoms with Crippen LogP contribution in [0.3, 0.4) is 0 Å². The van der Waals surface area contributed by atoms with Crippen LogP contribution in [0.15, 0.2) is 59.9 Å². The minimum absolute atomic E-state index is 0.346. The van der Waals surface area contributed by atoms with Crippen molar-refractivity contribution in [2.45, 2.75) is 11.8 Å². The average molecular weight is 465 g/mol. The number of amides is 1. The van der Waals surface area contributed by atoms with Crippen molar-refractivity contribution in [1.29, 1.82) is 0 Å². The van der Waals surface area contributed by atoms with Crippen LogP contribution < -0.4 is 0 Å². The van der Waals surface area contributed by atoms with Crippen molar-refractivity contribution < 1.29 is 19.1 Å². The first-order chi connectivity index (χ1) is 15.8. The Bertz CT molecular complexity index is 1370. The SMILES string of the molecule is CSc1cn(-c2ncc(-c3cc(C)ccc3F)cn2)c2cc(C(=O)N(C)CC(=O)O)ccc12. The van der Waals surface area contributed by atoms with Crippen molar-refractivity contribution in [3.8, 4) is 17.1 Å². The summed E-state index contributed by atoms with van der Waals surface area (Å²) in [5.74, 6) is -1.45. The molecule has 0 spiro atoms. The number of rotatable bonds is 6. The summed E-state index contributed by atoms with van der Waals surface area (Å²) in [5, 5.41) is 9.89. The quantitative estimate of drug-likeness (QED) is 0.425. The number of carboxylic acid groups (broad SMARTS) is 1. The van der Waals surface area contributed by atoms with E-state index in [1.165, 1.54) is 13.1 Å². The van der Waals surface area contributed by atoms with Gasteiger partial charge in [0.1, 0.15) is 12.4 Å². The van der Waals surface area contributed by atoms with Crippen LogP contribution in [0.1, 0.15) is 15.9 Å². The molecule has 33 heavy (non-hydrogen) atoms. The summed E-state index contributed by atoms with van der Waals surface area (Å²) in [7, 11) is 1.44. The van der Waals surface area contributed by atoms with Gasteiger partial charge in [-0.25, -0.2) is 14.4 Å². The lowest BCUT2D eigenvalue weighted by Crippen LogP contribution is -2.31. The molecular weight excluding hydrogens is 443 g/mol. The Labute approximate surface area is 193 Å². The monoisotopic (exact) mass is 464 g/mol. The van der Waals surface area contributed by atoms with Crippen LogP contribution in [0.25, 0.3) is 28.0 Å². The lowest BCUT2D eigenvalue weighted by molar-refractivity contribution is -0.137. The maximum absolute atomic E-state index is 14.3. The zero-order valence-corrected chi connectivity index (χ0v) is 19.1. The van der Waals surface area contributed by atoms with Gasteiger partial charge >= 0.3 is 5.97 Å². The predicted molar refractivity (Wildman–Crippen MR) is 125 cm³/mol. The Kier molecular flexibility index (Phi) is 6.15. The molecule has 4 rings (SSSR count). The molecule has 0 aliphatic rings. The fourth-order valence-corrected chi connectivity index (χ4v) is 4.20. The van der Waals surface area contributed by atoms with Crippen LogP contribution in [0.5, 0.6) is 0 Å². The molecular formula is C24H21FN4O3S. The van der Waals surface area contributed by atoms with Crippen molar-refractivity contribution >= 4 is 34.5 Å². The molecule has 2 aromatic carbocycles. The van der Waals surface area contributed by atoms with E-state index in [1.807, 2.05) is 25.4 Å². The summed E-state index contributed by atoms with van der Waals surface area (Å²) >= 11 is 1.55. The van der Waals surface area contributed by atoms with Crippen LogP contribution in [0, 0.1) is 12.7 Å². The Morgan fingerprint density at radius 2 is 1.88 bits per heavy atom. The maximum atomic E-state index is 14.3. The standard InChI is InChI=1S/C24H21FN4O3S/c1-14-4-7-19(25)18(8-14)16-10-26-24(27-11-16)29-12-21(33-3)17-6-5-15(9-20(17)29)23(32)28(2)13-22(30)31/h4-12H,13H2,1-3H3,(H,30,31). The van der Waals surface area contributed by atoms with Gasteiger partial charge in [-0.1, -0.05) is 17.7 Å². The average Bonchev–Trinajstić information content (AvgIpc) is 3.18. The predicted octanol–water partition coefficient (Wildman–Crippen LogP) is 4.41. The van der Waals surface area contributed by atoms with E-state index in [9.17, 15) is 14.0 Å². The first kappa shape index (κ1) is 22.5. The van der Waals surface area contributed by atoms with E-state index < -0.39 is 18.4 Å². The lowest BCUT2D eigenvalue weighted by Gasteiger charge is -2.14. The fraction of sp³-hybridized carbons (Fsp3) is 0.167. The Morgan fingerprint density at radius 3 is 2.55 bits per heavy atom. The van der Waals surface area contributed by atoms with E-state index in [0.29, 0.717) is 28.2 Å². The molecule has 168 valence electrons. The Balaban J connectivity index is 1.76. The highest BCUT2D eigenvalue weighted by atomic mass is 32.2. The van der Waals surface area contributed by atoms with E-state index in [-0.39, 0.29) is 5.82 Å². The first-order valence-electron chi connectivity index (χ1n) is 10.0. The molecule has 2 aromatic heterocycles. The number of nitrogens with zero attached hydrogens (tertiary/aromatic N) is 4. The van der Waals surface area contributed by atoms with Gasteiger partial charge < -0.3 is 10.0 Å². The van der Waals surface area contributed by atoms with E-state index >= 15 is 0 Å². The number of halogens is 1. The maximum Gasteiger partial charge on any atom is 0.323 e. The van der Waals surface area contributed by atoms with Crippen LogP contribution in [-0.2, 0) is 4.79 Å². The molecule has 0 saturated carbocycles. The second kappa shape index (κ2) is 9.03. The number of hydrogen-bond acceptors (Lipinski definition) is 5. The molecule has 0 atom stereocenters. The Morgan fingerprint density at radius 1 is 1.15 bits per heavy atom. The van der Waals surface area contributed by atoms with Gasteiger partial charge in [0.15, 0.2) is 0 Å². The summed E-state index contributed by atoms with van der Waals surface area (Å²) in [6.45, 7) is 1.49. The van der Waals surface area contributed by atoms with Gasteiger partial charge in [0.25, 0.3) is 5.91 Å². The number of aliphatic carboxylic acids is 1. The molecule has 0 saturated heterocycles. The topological polar surface area (TPSA) is 88.3 Å². The second-order valence-electron chi connectivity index (χ2n) is 7.61. The third kappa shape index (κ3) is 4.45. The molecule has 2 heterocycles. The van der Waals surface area contributed by atoms with Gasteiger partial charge in [-0.3, -0.25) is 14.2 Å². The van der Waals surface area contributed by atoms with Crippen molar-refractivity contribution in [1.82, 2.24) is 19.4 Å². The molecule has 0 unspecified atom stereocenters. The number of aryl methyl sites for hydroxylation is 1. The van der Waals surface area contributed by atoms with Gasteiger partial charge in [-0.15, -0.1) is 11.8 Å². The van der Waals surface area contributed by atoms with Crippen LogP contribution in [0.2, 0.25) is 0 Å². The summed E-state index contributed by atoms with van der Waals surface area (Å²) in [5.41, 5.74) is 2.99. The van der Waals surface area contributed by atoms with Crippen molar-refractivity contribution in [3.63, 3.8) is 0 Å². The molecule has 0 aliphatic heterocycles. The summed E-state index contributed by atoms with van der Waals surface area (Å²) in [4.78, 5) is 34.7. The Hall–Kier alpha value is -3.72. The number of carboxylic acids is 1. The highest BCUT2D eigenvalue weighted by Crippen LogP contribution is 2.31. The number of carbonyl (C=O) groups is 2. The van der Waals surface area contributed by atoms with Gasteiger partial charge in [0, 0.05) is 52.6 Å². The number of aromatic nitrogens is 3. The zero-order chi connectivity index (χ0) is 23.7. The van der Waals surface area contributed by atoms with Crippen LogP contribution >= 0.6 is 11.8 Å². The minimum atomic E-state index is -1.08. The van der Waals surface area contributed by atoms with Gasteiger partial charge in [-0.2, -0.15) is 0 Å². The van der Waals surface area contributed by atoms with Crippen molar-refractivity contribution in [3.05, 3.63) is 71.9 Å². The van der Waals surface area contributed by atoms with E-state index in [4.69, 9.17) is 5.11 Å². The smallest absolute Gasteiger partial charge is 0.323 e. The number of thioether (sulfide) groups is 1. The third-order valence-corrected chi connectivity index (χ3v) is 6.01. The first-order valence-corrected chi connectivity index (χ1v) is 11.3. The molecule has 0 bridgehead atoms. The van der Waals surface area contributed by atoms with Crippen LogP contribution in [0.4, 0.5) is 4.39 Å². The highest BCUT2D eigenvalue weighted by molar-refractivity contribution is 7.98. The van der Waals surface area contributed by atoms with E-state index in [2.05, 4.69) is 9.97 Å². The van der Waals surface area contributed by atoms with Gasteiger partial charge in [0.05, 0.1) is 5.52 Å².